The van der Waals surface area contributed by atoms with Crippen molar-refractivity contribution in [3.8, 4) is 0 Å². The fraction of sp³-hybridized carbons (Fsp3) is 0.909. The molecule has 3 heteroatoms. The Balaban J connectivity index is 2.25. The minimum Gasteiger partial charge on any atom is -0.411 e. The van der Waals surface area contributed by atoms with E-state index in [-0.39, 0.29) is 0 Å². The van der Waals surface area contributed by atoms with E-state index in [1.807, 2.05) is 0 Å². The highest BCUT2D eigenvalue weighted by molar-refractivity contribution is 5.86. The molecule has 1 aliphatic rings. The van der Waals surface area contributed by atoms with Crippen molar-refractivity contribution in [1.82, 2.24) is 4.90 Å². The maximum atomic E-state index is 8.73. The van der Waals surface area contributed by atoms with Crippen LogP contribution < -0.4 is 0 Å². The Hall–Kier alpha value is -0.570. The van der Waals surface area contributed by atoms with E-state index in [9.17, 15) is 0 Å². The summed E-state index contributed by atoms with van der Waals surface area (Å²) in [6.07, 6.45) is 4.84. The van der Waals surface area contributed by atoms with Gasteiger partial charge in [0.15, 0.2) is 0 Å². The van der Waals surface area contributed by atoms with Crippen LogP contribution in [0.4, 0.5) is 0 Å². The molecule has 1 rings (SSSR count). The molecule has 1 heterocycles. The number of hydrogen-bond acceptors (Lipinski definition) is 3. The highest BCUT2D eigenvalue weighted by atomic mass is 16.4. The fourth-order valence-corrected chi connectivity index (χ4v) is 2.04. The summed E-state index contributed by atoms with van der Waals surface area (Å²) < 4.78 is 0. The normalized spacial score (nSPS) is 27.0. The average molecular weight is 198 g/mol. The average Bonchev–Trinajstić information content (AvgIpc) is 2.18. The molecule has 0 spiro atoms. The number of likely N-dealkylation sites (tertiary alicyclic amines) is 1. The first-order valence-electron chi connectivity index (χ1n) is 5.71. The number of rotatable bonds is 4. The van der Waals surface area contributed by atoms with Crippen LogP contribution in [-0.4, -0.2) is 35.5 Å². The smallest absolute Gasteiger partial charge is 0.0624 e. The Labute approximate surface area is 86.8 Å². The van der Waals surface area contributed by atoms with E-state index in [4.69, 9.17) is 5.21 Å². The van der Waals surface area contributed by atoms with Crippen LogP contribution in [0.3, 0.4) is 0 Å². The third-order valence-corrected chi connectivity index (χ3v) is 2.99. The maximum Gasteiger partial charge on any atom is 0.0624 e. The molecule has 82 valence electrons. The first-order chi connectivity index (χ1) is 6.77. The van der Waals surface area contributed by atoms with Crippen molar-refractivity contribution in [3.05, 3.63) is 0 Å². The molecule has 0 saturated carbocycles. The zero-order chi connectivity index (χ0) is 10.4. The number of piperidine rings is 1. The molecule has 0 aromatic heterocycles. The number of unbranched alkanes of at least 4 members (excludes halogenated alkanes) is 2. The Morgan fingerprint density at radius 2 is 2.29 bits per heavy atom. The SMILES string of the molecule is CCCCCN1CCC(=NO)C(C)C1. The molecule has 1 saturated heterocycles. The third-order valence-electron chi connectivity index (χ3n) is 2.99. The summed E-state index contributed by atoms with van der Waals surface area (Å²) in [7, 11) is 0. The molecule has 0 amide bonds. The minimum atomic E-state index is 0.426. The number of nitrogens with zero attached hydrogens (tertiary/aromatic N) is 2. The second-order valence-corrected chi connectivity index (χ2v) is 4.25. The van der Waals surface area contributed by atoms with Gasteiger partial charge in [0.05, 0.1) is 5.71 Å². The van der Waals surface area contributed by atoms with E-state index in [0.717, 1.165) is 25.2 Å². The van der Waals surface area contributed by atoms with Crippen LogP contribution in [0.1, 0.15) is 39.5 Å². The molecule has 1 fully saturated rings. The molecular weight excluding hydrogens is 176 g/mol. The zero-order valence-corrected chi connectivity index (χ0v) is 9.37. The topological polar surface area (TPSA) is 35.8 Å². The maximum absolute atomic E-state index is 8.73. The number of hydrogen-bond donors (Lipinski definition) is 1. The van der Waals surface area contributed by atoms with Gasteiger partial charge in [-0.05, 0) is 13.0 Å². The number of oxime groups is 1. The Morgan fingerprint density at radius 1 is 1.50 bits per heavy atom. The lowest BCUT2D eigenvalue weighted by Crippen LogP contribution is -2.40. The van der Waals surface area contributed by atoms with Gasteiger partial charge in [-0.15, -0.1) is 0 Å². The predicted octanol–water partition coefficient (Wildman–Crippen LogP) is 2.35. The van der Waals surface area contributed by atoms with Gasteiger partial charge in [-0.25, -0.2) is 0 Å². The highest BCUT2D eigenvalue weighted by Crippen LogP contribution is 2.14. The minimum absolute atomic E-state index is 0.426. The summed E-state index contributed by atoms with van der Waals surface area (Å²) in [6, 6.07) is 0. The van der Waals surface area contributed by atoms with Crippen LogP contribution in [-0.2, 0) is 0 Å². The standard InChI is InChI=1S/C11H22N2O/c1-3-4-5-7-13-8-6-11(12-14)10(2)9-13/h10,14H,3-9H2,1-2H3. The molecule has 0 radical (unpaired) electrons. The van der Waals surface area contributed by atoms with Crippen molar-refractivity contribution in [1.29, 1.82) is 0 Å². The van der Waals surface area contributed by atoms with Gasteiger partial charge in [-0.2, -0.15) is 0 Å². The van der Waals surface area contributed by atoms with E-state index < -0.39 is 0 Å². The molecule has 1 N–H and O–H groups in total. The summed E-state index contributed by atoms with van der Waals surface area (Å²) in [4.78, 5) is 2.48. The second-order valence-electron chi connectivity index (χ2n) is 4.25. The van der Waals surface area contributed by atoms with Gasteiger partial charge in [-0.1, -0.05) is 31.8 Å². The molecule has 1 unspecified atom stereocenters. The molecule has 14 heavy (non-hydrogen) atoms. The molecule has 0 aliphatic carbocycles. The quantitative estimate of drug-likeness (QED) is 0.427. The molecule has 0 aromatic carbocycles. The van der Waals surface area contributed by atoms with Crippen LogP contribution >= 0.6 is 0 Å². The summed E-state index contributed by atoms with van der Waals surface area (Å²) in [5.74, 6) is 0.426. The van der Waals surface area contributed by atoms with Crippen LogP contribution in [0.15, 0.2) is 5.16 Å². The van der Waals surface area contributed by atoms with Gasteiger partial charge in [0.1, 0.15) is 0 Å². The van der Waals surface area contributed by atoms with Gasteiger partial charge < -0.3 is 10.1 Å². The molecule has 0 bridgehead atoms. The van der Waals surface area contributed by atoms with Crippen molar-refractivity contribution < 1.29 is 5.21 Å². The lowest BCUT2D eigenvalue weighted by molar-refractivity contribution is 0.232. The van der Waals surface area contributed by atoms with Gasteiger partial charge >= 0.3 is 0 Å². The Kier molecular flexibility index (Phi) is 4.94. The molecule has 1 atom stereocenters. The summed E-state index contributed by atoms with van der Waals surface area (Å²) in [5.41, 5.74) is 0.969. The van der Waals surface area contributed by atoms with Crippen molar-refractivity contribution in [2.24, 2.45) is 11.1 Å². The summed E-state index contributed by atoms with van der Waals surface area (Å²) in [5, 5.41) is 12.1. The van der Waals surface area contributed by atoms with E-state index >= 15 is 0 Å². The van der Waals surface area contributed by atoms with Gasteiger partial charge in [0.2, 0.25) is 0 Å². The Morgan fingerprint density at radius 3 is 2.86 bits per heavy atom. The zero-order valence-electron chi connectivity index (χ0n) is 9.37. The first-order valence-corrected chi connectivity index (χ1v) is 5.71. The monoisotopic (exact) mass is 198 g/mol. The van der Waals surface area contributed by atoms with E-state index in [1.54, 1.807) is 0 Å². The van der Waals surface area contributed by atoms with Gasteiger partial charge in [0, 0.05) is 25.4 Å². The first kappa shape index (κ1) is 11.5. The summed E-state index contributed by atoms with van der Waals surface area (Å²) >= 11 is 0. The van der Waals surface area contributed by atoms with Crippen molar-refractivity contribution in [2.75, 3.05) is 19.6 Å². The summed E-state index contributed by atoms with van der Waals surface area (Å²) in [6.45, 7) is 7.70. The lowest BCUT2D eigenvalue weighted by atomic mass is 9.97. The molecule has 3 nitrogen and oxygen atoms in total. The third kappa shape index (κ3) is 3.29. The van der Waals surface area contributed by atoms with Gasteiger partial charge in [-0.3, -0.25) is 0 Å². The van der Waals surface area contributed by atoms with Crippen LogP contribution in [0, 0.1) is 5.92 Å². The molecule has 1 aliphatic heterocycles. The van der Waals surface area contributed by atoms with E-state index in [1.165, 1.54) is 25.8 Å². The van der Waals surface area contributed by atoms with Crippen molar-refractivity contribution in [3.63, 3.8) is 0 Å². The van der Waals surface area contributed by atoms with Crippen molar-refractivity contribution in [2.45, 2.75) is 39.5 Å². The van der Waals surface area contributed by atoms with Gasteiger partial charge in [0.25, 0.3) is 0 Å². The van der Waals surface area contributed by atoms with Crippen LogP contribution in [0.25, 0.3) is 0 Å². The van der Waals surface area contributed by atoms with E-state index in [2.05, 4.69) is 23.9 Å². The Bertz CT molecular complexity index is 192. The lowest BCUT2D eigenvalue weighted by Gasteiger charge is -2.31. The van der Waals surface area contributed by atoms with Crippen molar-refractivity contribution >= 4 is 5.71 Å². The van der Waals surface area contributed by atoms with E-state index in [0.29, 0.717) is 5.92 Å². The van der Waals surface area contributed by atoms with Crippen LogP contribution in [0.2, 0.25) is 0 Å². The largest absolute Gasteiger partial charge is 0.411 e. The second kappa shape index (κ2) is 6.02. The fourth-order valence-electron chi connectivity index (χ4n) is 2.04. The molecular formula is C11H22N2O. The predicted molar refractivity (Wildman–Crippen MR) is 59.0 cm³/mol. The molecule has 0 aromatic rings. The highest BCUT2D eigenvalue weighted by Gasteiger charge is 2.21. The van der Waals surface area contributed by atoms with Crippen LogP contribution in [0.5, 0.6) is 0 Å².